The van der Waals surface area contributed by atoms with E-state index < -0.39 is 17.8 Å². The number of primary amides is 1. The summed E-state index contributed by atoms with van der Waals surface area (Å²) in [6.45, 7) is 0. The molecule has 7 nitrogen and oxygen atoms in total. The minimum absolute atomic E-state index is 0.0425. The monoisotopic (exact) mass is 278 g/mol. The number of amides is 1. The molecular formula is C13H18N4O3. The van der Waals surface area contributed by atoms with Crippen LogP contribution in [-0.2, 0) is 4.79 Å². The van der Waals surface area contributed by atoms with Gasteiger partial charge in [0.25, 0.3) is 5.91 Å². The first kappa shape index (κ1) is 14.2. The Morgan fingerprint density at radius 2 is 1.90 bits per heavy atom. The molecule has 0 spiro atoms. The van der Waals surface area contributed by atoms with Crippen molar-refractivity contribution in [3.8, 4) is 0 Å². The highest BCUT2D eigenvalue weighted by Crippen LogP contribution is 2.26. The molecule has 108 valence electrons. The van der Waals surface area contributed by atoms with Gasteiger partial charge in [0.05, 0.1) is 5.92 Å². The Hall–Kier alpha value is -2.18. The van der Waals surface area contributed by atoms with Gasteiger partial charge in [0.1, 0.15) is 0 Å². The number of hydrogen-bond donors (Lipinski definition) is 3. The van der Waals surface area contributed by atoms with Crippen LogP contribution < -0.4 is 11.1 Å². The first-order valence-corrected chi connectivity index (χ1v) is 6.69. The highest BCUT2D eigenvalue weighted by molar-refractivity contribution is 5.95. The summed E-state index contributed by atoms with van der Waals surface area (Å²) in [5.74, 6) is -1.73. The Morgan fingerprint density at radius 1 is 1.20 bits per heavy atom. The summed E-state index contributed by atoms with van der Waals surface area (Å²) in [6.07, 6.45) is 7.05. The number of carbonyl (C=O) groups is 2. The number of nitrogens with one attached hydrogen (secondary N) is 1. The molecule has 1 heterocycles. The van der Waals surface area contributed by atoms with Crippen LogP contribution >= 0.6 is 0 Å². The van der Waals surface area contributed by atoms with Crippen molar-refractivity contribution >= 4 is 17.7 Å². The van der Waals surface area contributed by atoms with Crippen molar-refractivity contribution in [2.24, 2.45) is 11.7 Å². The van der Waals surface area contributed by atoms with Crippen LogP contribution in [-0.4, -0.2) is 33.0 Å². The van der Waals surface area contributed by atoms with Crippen molar-refractivity contribution < 1.29 is 14.7 Å². The molecule has 0 aromatic carbocycles. The van der Waals surface area contributed by atoms with E-state index in [1.807, 2.05) is 0 Å². The zero-order chi connectivity index (χ0) is 14.5. The number of aromatic nitrogens is 2. The summed E-state index contributed by atoms with van der Waals surface area (Å²) in [5, 5.41) is 12.4. The first-order chi connectivity index (χ1) is 9.59. The van der Waals surface area contributed by atoms with Crippen molar-refractivity contribution in [3.63, 3.8) is 0 Å². The van der Waals surface area contributed by atoms with E-state index >= 15 is 0 Å². The van der Waals surface area contributed by atoms with E-state index in [1.165, 1.54) is 12.4 Å². The van der Waals surface area contributed by atoms with Crippen LogP contribution in [0.15, 0.2) is 12.4 Å². The minimum atomic E-state index is -0.825. The number of carboxylic acids is 1. The summed E-state index contributed by atoms with van der Waals surface area (Å²) < 4.78 is 0. The second-order valence-corrected chi connectivity index (χ2v) is 4.95. The van der Waals surface area contributed by atoms with Gasteiger partial charge in [-0.2, -0.15) is 0 Å². The largest absolute Gasteiger partial charge is 0.481 e. The number of carboxylic acid groups (broad SMARTS) is 1. The van der Waals surface area contributed by atoms with E-state index in [0.29, 0.717) is 6.42 Å². The molecule has 1 aromatic heterocycles. The van der Waals surface area contributed by atoms with Gasteiger partial charge >= 0.3 is 5.97 Å². The van der Waals surface area contributed by atoms with Gasteiger partial charge in [0.2, 0.25) is 0 Å². The van der Waals surface area contributed by atoms with E-state index in [-0.39, 0.29) is 17.6 Å². The van der Waals surface area contributed by atoms with Crippen molar-refractivity contribution in [1.29, 1.82) is 0 Å². The lowest BCUT2D eigenvalue weighted by Gasteiger charge is -2.23. The molecule has 7 heteroatoms. The highest BCUT2D eigenvalue weighted by atomic mass is 16.4. The van der Waals surface area contributed by atoms with Crippen LogP contribution in [0.1, 0.15) is 42.6 Å². The molecule has 0 saturated heterocycles. The lowest BCUT2D eigenvalue weighted by atomic mass is 9.95. The fourth-order valence-corrected chi connectivity index (χ4v) is 2.58. The lowest BCUT2D eigenvalue weighted by molar-refractivity contribution is -0.142. The molecule has 4 N–H and O–H groups in total. The average Bonchev–Trinajstić information content (AvgIpc) is 2.64. The van der Waals surface area contributed by atoms with Crippen LogP contribution in [0, 0.1) is 5.92 Å². The Labute approximate surface area is 116 Å². The molecule has 1 aliphatic rings. The molecule has 2 atom stereocenters. The molecular weight excluding hydrogens is 260 g/mol. The smallest absolute Gasteiger partial charge is 0.308 e. The third-order valence-corrected chi connectivity index (χ3v) is 3.59. The zero-order valence-corrected chi connectivity index (χ0v) is 11.1. The van der Waals surface area contributed by atoms with Gasteiger partial charge in [-0.3, -0.25) is 9.59 Å². The maximum atomic E-state index is 11.4. The van der Waals surface area contributed by atoms with Gasteiger partial charge in [-0.15, -0.1) is 0 Å². The molecule has 2 rings (SSSR count). The lowest BCUT2D eigenvalue weighted by Crippen LogP contribution is -2.35. The summed E-state index contributed by atoms with van der Waals surface area (Å²) in [7, 11) is 0. The van der Waals surface area contributed by atoms with Crippen molar-refractivity contribution in [2.45, 2.75) is 38.1 Å². The Balaban J connectivity index is 2.22. The van der Waals surface area contributed by atoms with E-state index in [0.717, 1.165) is 25.7 Å². The second kappa shape index (κ2) is 6.31. The van der Waals surface area contributed by atoms with Crippen molar-refractivity contribution in [1.82, 2.24) is 9.97 Å². The van der Waals surface area contributed by atoms with Crippen LogP contribution in [0.2, 0.25) is 0 Å². The quantitative estimate of drug-likeness (QED) is 0.708. The van der Waals surface area contributed by atoms with Crippen LogP contribution in [0.5, 0.6) is 0 Å². The fraction of sp³-hybridized carbons (Fsp3) is 0.538. The summed E-state index contributed by atoms with van der Waals surface area (Å²) in [6, 6.07) is -0.259. The van der Waals surface area contributed by atoms with Gasteiger partial charge in [-0.05, 0) is 12.8 Å². The molecule has 2 unspecified atom stereocenters. The van der Waals surface area contributed by atoms with E-state index in [4.69, 9.17) is 5.73 Å². The molecule has 20 heavy (non-hydrogen) atoms. The molecule has 1 amide bonds. The molecule has 1 saturated carbocycles. The summed E-state index contributed by atoms with van der Waals surface area (Å²) in [4.78, 5) is 30.6. The first-order valence-electron chi connectivity index (χ1n) is 6.69. The zero-order valence-electron chi connectivity index (χ0n) is 11.1. The number of anilines is 1. The number of hydrogen-bond acceptors (Lipinski definition) is 5. The SMILES string of the molecule is NC(=O)c1nccnc1NC1CCCCCC1C(=O)O. The van der Waals surface area contributed by atoms with Gasteiger partial charge in [0, 0.05) is 18.4 Å². The van der Waals surface area contributed by atoms with Gasteiger partial charge in [0.15, 0.2) is 11.5 Å². The van der Waals surface area contributed by atoms with Crippen LogP contribution in [0.25, 0.3) is 0 Å². The number of rotatable bonds is 4. The van der Waals surface area contributed by atoms with Gasteiger partial charge in [-0.25, -0.2) is 9.97 Å². The number of carbonyl (C=O) groups excluding carboxylic acids is 1. The van der Waals surface area contributed by atoms with Crippen LogP contribution in [0.3, 0.4) is 0 Å². The maximum Gasteiger partial charge on any atom is 0.308 e. The normalized spacial score (nSPS) is 22.8. The van der Waals surface area contributed by atoms with Crippen molar-refractivity contribution in [3.05, 3.63) is 18.1 Å². The predicted molar refractivity (Wildman–Crippen MR) is 72.2 cm³/mol. The summed E-state index contributed by atoms with van der Waals surface area (Å²) >= 11 is 0. The Morgan fingerprint density at radius 3 is 2.60 bits per heavy atom. The van der Waals surface area contributed by atoms with Gasteiger partial charge in [-0.1, -0.05) is 19.3 Å². The molecule has 1 fully saturated rings. The number of aliphatic carboxylic acids is 1. The molecule has 1 aliphatic carbocycles. The minimum Gasteiger partial charge on any atom is -0.481 e. The molecule has 0 aliphatic heterocycles. The van der Waals surface area contributed by atoms with Crippen molar-refractivity contribution in [2.75, 3.05) is 5.32 Å². The average molecular weight is 278 g/mol. The Kier molecular flexibility index (Phi) is 4.49. The number of nitrogens with two attached hydrogens (primary N) is 1. The topological polar surface area (TPSA) is 118 Å². The van der Waals surface area contributed by atoms with E-state index in [1.54, 1.807) is 0 Å². The Bertz CT molecular complexity index is 506. The van der Waals surface area contributed by atoms with E-state index in [2.05, 4.69) is 15.3 Å². The van der Waals surface area contributed by atoms with E-state index in [9.17, 15) is 14.7 Å². The molecule has 0 bridgehead atoms. The fourth-order valence-electron chi connectivity index (χ4n) is 2.58. The second-order valence-electron chi connectivity index (χ2n) is 4.95. The predicted octanol–water partition coefficient (Wildman–Crippen LogP) is 1.02. The third-order valence-electron chi connectivity index (χ3n) is 3.59. The highest BCUT2D eigenvalue weighted by Gasteiger charge is 2.30. The standard InChI is InChI=1S/C13H18N4O3/c14-11(18)10-12(16-7-6-15-10)17-9-5-3-1-2-4-8(9)13(19)20/h6-9H,1-5H2,(H2,14,18)(H,16,17)(H,19,20). The molecule has 0 radical (unpaired) electrons. The van der Waals surface area contributed by atoms with Gasteiger partial charge < -0.3 is 16.2 Å². The molecule has 1 aromatic rings. The van der Waals surface area contributed by atoms with Crippen LogP contribution in [0.4, 0.5) is 5.82 Å². The summed E-state index contributed by atoms with van der Waals surface area (Å²) in [5.41, 5.74) is 5.29. The third kappa shape index (κ3) is 3.23. The number of nitrogens with zero attached hydrogens (tertiary/aromatic N) is 2. The maximum absolute atomic E-state index is 11.4.